The third-order valence-corrected chi connectivity index (χ3v) is 7.78. The van der Waals surface area contributed by atoms with Crippen molar-refractivity contribution in [2.75, 3.05) is 6.61 Å². The van der Waals surface area contributed by atoms with E-state index in [9.17, 15) is 17.6 Å². The summed E-state index contributed by atoms with van der Waals surface area (Å²) >= 11 is 0. The molecule has 0 spiro atoms. The van der Waals surface area contributed by atoms with Crippen LogP contribution >= 0.6 is 0 Å². The molecular weight excluding hydrogens is 456 g/mol. The van der Waals surface area contributed by atoms with E-state index in [2.05, 4.69) is 35.7 Å². The standard InChI is InChI=1S/C29H36F4O2/c1-20-2-4-21(5-3-20)6-7-22-8-10-23(11-9-22)12-14-27-15-13-24(19-34-27)29(32,33)35-28-17-25(30)16-26(31)18-28/h6-7,16-18,20-24,27H,2-5,8-11,13,15,19H2,1H3/b7-6+. The molecule has 1 aromatic carbocycles. The number of halogens is 4. The maximum atomic E-state index is 14.5. The summed E-state index contributed by atoms with van der Waals surface area (Å²) in [6, 6.07) is 2.10. The molecule has 0 bridgehead atoms. The first kappa shape index (κ1) is 26.1. The zero-order valence-corrected chi connectivity index (χ0v) is 20.5. The minimum Gasteiger partial charge on any atom is -0.432 e. The highest BCUT2D eigenvalue weighted by Gasteiger charge is 2.44. The molecule has 2 atom stereocenters. The van der Waals surface area contributed by atoms with Crippen LogP contribution in [0.4, 0.5) is 17.6 Å². The van der Waals surface area contributed by atoms with E-state index in [1.54, 1.807) is 0 Å². The van der Waals surface area contributed by atoms with E-state index >= 15 is 0 Å². The average molecular weight is 493 g/mol. The number of benzene rings is 1. The zero-order chi connectivity index (χ0) is 24.8. The van der Waals surface area contributed by atoms with Gasteiger partial charge in [-0.15, -0.1) is 0 Å². The molecule has 0 amide bonds. The molecular formula is C29H36F4O2. The van der Waals surface area contributed by atoms with Crippen molar-refractivity contribution < 1.29 is 27.0 Å². The maximum absolute atomic E-state index is 14.5. The van der Waals surface area contributed by atoms with Crippen molar-refractivity contribution in [3.8, 4) is 17.6 Å². The van der Waals surface area contributed by atoms with Gasteiger partial charge >= 0.3 is 6.11 Å². The molecule has 0 N–H and O–H groups in total. The maximum Gasteiger partial charge on any atom is 0.402 e. The van der Waals surface area contributed by atoms with Crippen molar-refractivity contribution in [1.82, 2.24) is 0 Å². The fourth-order valence-corrected chi connectivity index (χ4v) is 5.42. The van der Waals surface area contributed by atoms with Crippen LogP contribution in [-0.4, -0.2) is 18.8 Å². The highest BCUT2D eigenvalue weighted by atomic mass is 19.3. The minimum absolute atomic E-state index is 0.168. The van der Waals surface area contributed by atoms with E-state index in [0.29, 0.717) is 24.3 Å². The summed E-state index contributed by atoms with van der Waals surface area (Å²) in [6.45, 7) is 2.14. The molecule has 3 fully saturated rings. The van der Waals surface area contributed by atoms with Gasteiger partial charge in [0.1, 0.15) is 23.5 Å². The molecule has 6 heteroatoms. The van der Waals surface area contributed by atoms with Gasteiger partial charge in [0.25, 0.3) is 0 Å². The van der Waals surface area contributed by atoms with Gasteiger partial charge in [-0.05, 0) is 69.1 Å². The highest BCUT2D eigenvalue weighted by molar-refractivity contribution is 5.24. The summed E-state index contributed by atoms with van der Waals surface area (Å²) in [5.74, 6) is 5.44. The quantitative estimate of drug-likeness (QED) is 0.236. The molecule has 0 radical (unpaired) electrons. The van der Waals surface area contributed by atoms with Crippen LogP contribution in [0.2, 0.25) is 0 Å². The smallest absolute Gasteiger partial charge is 0.402 e. The average Bonchev–Trinajstić information content (AvgIpc) is 2.82. The Bertz CT molecular complexity index is 890. The van der Waals surface area contributed by atoms with E-state index in [-0.39, 0.29) is 19.1 Å². The summed E-state index contributed by atoms with van der Waals surface area (Å²) in [7, 11) is 0. The Hall–Kier alpha value is -2.00. The predicted octanol–water partition coefficient (Wildman–Crippen LogP) is 7.92. The van der Waals surface area contributed by atoms with Crippen LogP contribution < -0.4 is 4.74 Å². The summed E-state index contributed by atoms with van der Waals surface area (Å²) in [4.78, 5) is 0. The number of alkyl halides is 2. The van der Waals surface area contributed by atoms with Gasteiger partial charge in [0.2, 0.25) is 0 Å². The molecule has 2 aliphatic carbocycles. The molecule has 2 unspecified atom stereocenters. The largest absolute Gasteiger partial charge is 0.432 e. The van der Waals surface area contributed by atoms with Gasteiger partial charge in [-0.25, -0.2) is 8.78 Å². The van der Waals surface area contributed by atoms with Crippen LogP contribution in [0.5, 0.6) is 5.75 Å². The second-order valence-electron chi connectivity index (χ2n) is 10.7. The third kappa shape index (κ3) is 7.74. The lowest BCUT2D eigenvalue weighted by molar-refractivity contribution is -0.238. The van der Waals surface area contributed by atoms with Crippen molar-refractivity contribution in [3.05, 3.63) is 42.0 Å². The molecule has 1 heterocycles. The van der Waals surface area contributed by atoms with Crippen molar-refractivity contribution in [3.63, 3.8) is 0 Å². The molecule has 2 saturated carbocycles. The molecule has 35 heavy (non-hydrogen) atoms. The van der Waals surface area contributed by atoms with Crippen molar-refractivity contribution in [2.24, 2.45) is 29.6 Å². The van der Waals surface area contributed by atoms with Gasteiger partial charge in [-0.2, -0.15) is 8.78 Å². The van der Waals surface area contributed by atoms with Crippen LogP contribution in [-0.2, 0) is 4.74 Å². The SMILES string of the molecule is CC1CCC(/C=C/C2CCC(C#CC3CCC(C(F)(F)Oc4cc(F)cc(F)c4)CO3)CC2)CC1. The minimum atomic E-state index is -3.58. The first-order valence-corrected chi connectivity index (χ1v) is 13.1. The number of rotatable bonds is 5. The second kappa shape index (κ2) is 11.8. The normalized spacial score (nSPS) is 32.1. The topological polar surface area (TPSA) is 18.5 Å². The third-order valence-electron chi connectivity index (χ3n) is 7.78. The van der Waals surface area contributed by atoms with E-state index in [4.69, 9.17) is 4.74 Å². The van der Waals surface area contributed by atoms with Crippen molar-refractivity contribution >= 4 is 0 Å². The van der Waals surface area contributed by atoms with Crippen LogP contribution in [0.3, 0.4) is 0 Å². The molecule has 3 aliphatic rings. The Morgan fingerprint density at radius 2 is 1.43 bits per heavy atom. The number of hydrogen-bond donors (Lipinski definition) is 0. The molecule has 4 rings (SSSR count). The summed E-state index contributed by atoms with van der Waals surface area (Å²) in [6.07, 6.45) is 11.3. The van der Waals surface area contributed by atoms with Crippen LogP contribution in [0, 0.1) is 53.1 Å². The Morgan fingerprint density at radius 1 is 0.829 bits per heavy atom. The first-order chi connectivity index (χ1) is 16.8. The van der Waals surface area contributed by atoms with Gasteiger partial charge in [0.15, 0.2) is 0 Å². The van der Waals surface area contributed by atoms with Crippen molar-refractivity contribution in [2.45, 2.75) is 83.3 Å². The number of allylic oxidation sites excluding steroid dienone is 2. The van der Waals surface area contributed by atoms with E-state index in [1.165, 1.54) is 25.7 Å². The molecule has 1 aromatic rings. The number of ether oxygens (including phenoxy) is 2. The van der Waals surface area contributed by atoms with Crippen LogP contribution in [0.25, 0.3) is 0 Å². The Balaban J connectivity index is 1.18. The van der Waals surface area contributed by atoms with Gasteiger partial charge in [-0.1, -0.05) is 43.8 Å². The lowest BCUT2D eigenvalue weighted by Gasteiger charge is -2.32. The summed E-state index contributed by atoms with van der Waals surface area (Å²) in [5.41, 5.74) is 0. The molecule has 0 aromatic heterocycles. The Kier molecular flexibility index (Phi) is 8.81. The highest BCUT2D eigenvalue weighted by Crippen LogP contribution is 2.36. The first-order valence-electron chi connectivity index (χ1n) is 13.1. The zero-order valence-electron chi connectivity index (χ0n) is 20.5. The van der Waals surface area contributed by atoms with Gasteiger partial charge < -0.3 is 9.47 Å². The Morgan fingerprint density at radius 3 is 2.00 bits per heavy atom. The van der Waals surface area contributed by atoms with Gasteiger partial charge in [0, 0.05) is 24.1 Å². The van der Waals surface area contributed by atoms with E-state index in [1.807, 2.05) is 0 Å². The molecule has 2 nitrogen and oxygen atoms in total. The van der Waals surface area contributed by atoms with Gasteiger partial charge in [0.05, 0.1) is 12.5 Å². The van der Waals surface area contributed by atoms with Crippen LogP contribution in [0.1, 0.15) is 71.1 Å². The van der Waals surface area contributed by atoms with Gasteiger partial charge in [-0.3, -0.25) is 0 Å². The monoisotopic (exact) mass is 492 g/mol. The predicted molar refractivity (Wildman–Crippen MR) is 128 cm³/mol. The molecule has 192 valence electrons. The summed E-state index contributed by atoms with van der Waals surface area (Å²) < 4.78 is 65.8. The molecule has 1 aliphatic heterocycles. The van der Waals surface area contributed by atoms with E-state index < -0.39 is 29.4 Å². The van der Waals surface area contributed by atoms with Crippen LogP contribution in [0.15, 0.2) is 30.4 Å². The second-order valence-corrected chi connectivity index (χ2v) is 10.7. The fourth-order valence-electron chi connectivity index (χ4n) is 5.42. The number of hydrogen-bond acceptors (Lipinski definition) is 2. The van der Waals surface area contributed by atoms with E-state index in [0.717, 1.165) is 49.7 Å². The van der Waals surface area contributed by atoms with Crippen molar-refractivity contribution in [1.29, 1.82) is 0 Å². The fraction of sp³-hybridized carbons (Fsp3) is 0.655. The Labute approximate surface area is 206 Å². The summed E-state index contributed by atoms with van der Waals surface area (Å²) in [5, 5.41) is 0. The lowest BCUT2D eigenvalue weighted by atomic mass is 9.79. The lowest BCUT2D eigenvalue weighted by Crippen LogP contribution is -2.41. The molecule has 1 saturated heterocycles.